The monoisotopic (exact) mass is 390 g/mol. The van der Waals surface area contributed by atoms with E-state index < -0.39 is 0 Å². The van der Waals surface area contributed by atoms with E-state index in [0.29, 0.717) is 23.5 Å². The first-order chi connectivity index (χ1) is 11.5. The van der Waals surface area contributed by atoms with Gasteiger partial charge in [-0.25, -0.2) is 0 Å². The lowest BCUT2D eigenvalue weighted by atomic mass is 10.1. The minimum absolute atomic E-state index is 0.0693. The minimum atomic E-state index is -0.269. The number of aryl methyl sites for hydroxylation is 1. The van der Waals surface area contributed by atoms with Crippen molar-refractivity contribution in [2.75, 3.05) is 17.2 Å². The van der Waals surface area contributed by atoms with Gasteiger partial charge < -0.3 is 15.4 Å². The quantitative estimate of drug-likeness (QED) is 0.779. The molecule has 2 N–H and O–H groups in total. The lowest BCUT2D eigenvalue weighted by molar-refractivity contribution is -0.118. The third-order valence-corrected chi connectivity index (χ3v) is 3.83. The first-order valence-electron chi connectivity index (χ1n) is 7.56. The van der Waals surface area contributed by atoms with Gasteiger partial charge in [0.25, 0.3) is 5.91 Å². The molecule has 0 spiro atoms. The number of hydrogen-bond donors (Lipinski definition) is 2. The molecular formula is C18H19BrN2O3. The molecule has 2 aromatic rings. The molecule has 0 atom stereocenters. The van der Waals surface area contributed by atoms with Gasteiger partial charge in [-0.05, 0) is 48.9 Å². The summed E-state index contributed by atoms with van der Waals surface area (Å²) in [6, 6.07) is 12.6. The number of carbonyl (C=O) groups is 2. The third kappa shape index (κ3) is 5.38. The van der Waals surface area contributed by atoms with E-state index in [1.807, 2.05) is 25.1 Å². The van der Waals surface area contributed by atoms with Gasteiger partial charge in [0, 0.05) is 22.3 Å². The van der Waals surface area contributed by atoms with Crippen molar-refractivity contribution in [3.63, 3.8) is 0 Å². The van der Waals surface area contributed by atoms with Crippen molar-refractivity contribution in [3.8, 4) is 5.75 Å². The number of hydrogen-bond acceptors (Lipinski definition) is 3. The summed E-state index contributed by atoms with van der Waals surface area (Å²) in [5.74, 6) is 0.280. The van der Waals surface area contributed by atoms with E-state index in [9.17, 15) is 9.59 Å². The molecule has 2 rings (SSSR count). The van der Waals surface area contributed by atoms with Crippen LogP contribution in [0.3, 0.4) is 0 Å². The van der Waals surface area contributed by atoms with Gasteiger partial charge in [-0.1, -0.05) is 28.9 Å². The summed E-state index contributed by atoms with van der Waals surface area (Å²) in [6.45, 7) is 3.59. The van der Waals surface area contributed by atoms with Crippen LogP contribution in [0.1, 0.15) is 18.9 Å². The number of amides is 2. The van der Waals surface area contributed by atoms with Crippen molar-refractivity contribution in [1.29, 1.82) is 0 Å². The summed E-state index contributed by atoms with van der Waals surface area (Å²) >= 11 is 3.34. The van der Waals surface area contributed by atoms with Crippen LogP contribution in [0.5, 0.6) is 5.75 Å². The highest BCUT2D eigenvalue weighted by Gasteiger charge is 2.07. The second-order valence-electron chi connectivity index (χ2n) is 5.22. The summed E-state index contributed by atoms with van der Waals surface area (Å²) in [5.41, 5.74) is 2.23. The predicted molar refractivity (Wildman–Crippen MR) is 98.4 cm³/mol. The van der Waals surface area contributed by atoms with Crippen LogP contribution >= 0.6 is 15.9 Å². The molecule has 0 saturated carbocycles. The van der Waals surface area contributed by atoms with Crippen molar-refractivity contribution in [1.82, 2.24) is 0 Å². The van der Waals surface area contributed by atoms with Crippen molar-refractivity contribution in [2.45, 2.75) is 20.3 Å². The van der Waals surface area contributed by atoms with Crippen LogP contribution in [0, 0.1) is 6.92 Å². The molecule has 0 radical (unpaired) electrons. The van der Waals surface area contributed by atoms with Crippen LogP contribution in [0.4, 0.5) is 11.4 Å². The molecule has 2 amide bonds. The molecule has 0 aliphatic rings. The Morgan fingerprint density at radius 2 is 1.75 bits per heavy atom. The Labute approximate surface area is 149 Å². The van der Waals surface area contributed by atoms with Crippen LogP contribution in [-0.2, 0) is 9.59 Å². The van der Waals surface area contributed by atoms with Gasteiger partial charge in [0.15, 0.2) is 6.61 Å². The molecule has 0 bridgehead atoms. The fourth-order valence-electron chi connectivity index (χ4n) is 1.95. The largest absolute Gasteiger partial charge is 0.484 e. The van der Waals surface area contributed by atoms with E-state index in [1.54, 1.807) is 31.2 Å². The van der Waals surface area contributed by atoms with Crippen LogP contribution in [0.25, 0.3) is 0 Å². The topological polar surface area (TPSA) is 67.4 Å². The molecule has 0 heterocycles. The molecular weight excluding hydrogens is 372 g/mol. The highest BCUT2D eigenvalue weighted by Crippen LogP contribution is 2.21. The van der Waals surface area contributed by atoms with Gasteiger partial charge in [-0.15, -0.1) is 0 Å². The second kappa shape index (κ2) is 8.49. The van der Waals surface area contributed by atoms with E-state index in [4.69, 9.17) is 4.74 Å². The summed E-state index contributed by atoms with van der Waals surface area (Å²) in [5, 5.41) is 5.57. The van der Waals surface area contributed by atoms with Crippen molar-refractivity contribution in [2.24, 2.45) is 0 Å². The number of ether oxygens (including phenoxy) is 1. The number of nitrogens with one attached hydrogen (secondary N) is 2. The number of rotatable bonds is 6. The lowest BCUT2D eigenvalue weighted by Gasteiger charge is -2.11. The molecule has 2 aromatic carbocycles. The van der Waals surface area contributed by atoms with Gasteiger partial charge in [0.05, 0.1) is 0 Å². The van der Waals surface area contributed by atoms with Gasteiger partial charge in [-0.2, -0.15) is 0 Å². The zero-order valence-corrected chi connectivity index (χ0v) is 15.1. The molecule has 24 heavy (non-hydrogen) atoms. The first kappa shape index (κ1) is 18.0. The smallest absolute Gasteiger partial charge is 0.262 e. The Hall–Kier alpha value is -2.34. The maximum absolute atomic E-state index is 12.0. The van der Waals surface area contributed by atoms with Crippen LogP contribution in [0.2, 0.25) is 0 Å². The zero-order chi connectivity index (χ0) is 17.5. The van der Waals surface area contributed by atoms with Crippen LogP contribution in [-0.4, -0.2) is 18.4 Å². The van der Waals surface area contributed by atoms with Crippen LogP contribution < -0.4 is 15.4 Å². The average molecular weight is 391 g/mol. The summed E-state index contributed by atoms with van der Waals surface area (Å²) in [7, 11) is 0. The molecule has 0 aromatic heterocycles. The molecule has 0 saturated heterocycles. The standard InChI is InChI=1S/C18H19BrN2O3/c1-3-17(22)21-16-10-14(7-4-12(16)2)20-18(23)11-24-15-8-5-13(19)6-9-15/h4-10H,3,11H2,1-2H3,(H,20,23)(H,21,22). The molecule has 6 heteroatoms. The normalized spacial score (nSPS) is 10.1. The van der Waals surface area contributed by atoms with Crippen molar-refractivity contribution >= 4 is 39.1 Å². The highest BCUT2D eigenvalue weighted by atomic mass is 79.9. The predicted octanol–water partition coefficient (Wildman–Crippen LogP) is 4.12. The van der Waals surface area contributed by atoms with E-state index >= 15 is 0 Å². The fraction of sp³-hybridized carbons (Fsp3) is 0.222. The number of halogens is 1. The SMILES string of the molecule is CCC(=O)Nc1cc(NC(=O)COc2ccc(Br)cc2)ccc1C. The summed E-state index contributed by atoms with van der Waals surface area (Å²) in [6.07, 6.45) is 0.400. The van der Waals surface area contributed by atoms with Crippen molar-refractivity contribution < 1.29 is 14.3 Å². The molecule has 0 unspecified atom stereocenters. The summed E-state index contributed by atoms with van der Waals surface area (Å²) < 4.78 is 6.37. The van der Waals surface area contributed by atoms with Gasteiger partial charge in [-0.3, -0.25) is 9.59 Å². The Bertz CT molecular complexity index is 730. The first-order valence-corrected chi connectivity index (χ1v) is 8.36. The maximum atomic E-state index is 12.0. The highest BCUT2D eigenvalue weighted by molar-refractivity contribution is 9.10. The van der Waals surface area contributed by atoms with Gasteiger partial charge in [0.1, 0.15) is 5.75 Å². The maximum Gasteiger partial charge on any atom is 0.262 e. The summed E-state index contributed by atoms with van der Waals surface area (Å²) in [4.78, 5) is 23.5. The average Bonchev–Trinajstić information content (AvgIpc) is 2.57. The minimum Gasteiger partial charge on any atom is -0.484 e. The number of benzene rings is 2. The van der Waals surface area contributed by atoms with Gasteiger partial charge >= 0.3 is 0 Å². The fourth-order valence-corrected chi connectivity index (χ4v) is 2.21. The Kier molecular flexibility index (Phi) is 6.37. The Balaban J connectivity index is 1.94. The molecule has 0 aliphatic carbocycles. The van der Waals surface area contributed by atoms with E-state index in [2.05, 4.69) is 26.6 Å². The second-order valence-corrected chi connectivity index (χ2v) is 6.14. The molecule has 0 fully saturated rings. The van der Waals surface area contributed by atoms with Gasteiger partial charge in [0.2, 0.25) is 5.91 Å². The Morgan fingerprint density at radius 1 is 1.04 bits per heavy atom. The number of anilines is 2. The molecule has 5 nitrogen and oxygen atoms in total. The Morgan fingerprint density at radius 3 is 2.42 bits per heavy atom. The van der Waals surface area contributed by atoms with Crippen molar-refractivity contribution in [3.05, 3.63) is 52.5 Å². The van der Waals surface area contributed by atoms with E-state index in [-0.39, 0.29) is 18.4 Å². The van der Waals surface area contributed by atoms with E-state index in [0.717, 1.165) is 10.0 Å². The molecule has 126 valence electrons. The zero-order valence-electron chi connectivity index (χ0n) is 13.6. The third-order valence-electron chi connectivity index (χ3n) is 3.30. The van der Waals surface area contributed by atoms with Crippen LogP contribution in [0.15, 0.2) is 46.9 Å². The molecule has 0 aliphatic heterocycles. The lowest BCUT2D eigenvalue weighted by Crippen LogP contribution is -2.20. The number of carbonyl (C=O) groups excluding carboxylic acids is 2. The van der Waals surface area contributed by atoms with E-state index in [1.165, 1.54) is 0 Å².